The van der Waals surface area contributed by atoms with Crippen molar-refractivity contribution in [1.29, 1.82) is 0 Å². The average molecular weight is 221 g/mol. The molecule has 1 aliphatic carbocycles. The molecule has 0 radical (unpaired) electrons. The molecule has 0 aromatic carbocycles. The van der Waals surface area contributed by atoms with Crippen molar-refractivity contribution in [1.82, 2.24) is 9.97 Å². The van der Waals surface area contributed by atoms with Crippen LogP contribution >= 0.6 is 0 Å². The first-order valence-electron chi connectivity index (χ1n) is 5.45. The van der Waals surface area contributed by atoms with Crippen LogP contribution in [0, 0.1) is 12.8 Å². The maximum absolute atomic E-state index is 11.0. The molecular formula is C11H15N3O2. The lowest BCUT2D eigenvalue weighted by molar-refractivity contribution is -0.141. The summed E-state index contributed by atoms with van der Waals surface area (Å²) in [6.07, 6.45) is 5.99. The third kappa shape index (κ3) is 2.29. The van der Waals surface area contributed by atoms with Crippen molar-refractivity contribution < 1.29 is 9.90 Å². The Morgan fingerprint density at radius 2 is 2.12 bits per heavy atom. The van der Waals surface area contributed by atoms with Gasteiger partial charge in [-0.1, -0.05) is 6.42 Å². The van der Waals surface area contributed by atoms with E-state index in [0.29, 0.717) is 5.95 Å². The minimum Gasteiger partial charge on any atom is -0.481 e. The fourth-order valence-electron chi connectivity index (χ4n) is 2.06. The molecule has 5 nitrogen and oxygen atoms in total. The minimum absolute atomic E-state index is 0.0415. The Bertz CT molecular complexity index is 377. The lowest BCUT2D eigenvalue weighted by Crippen LogP contribution is -2.30. The van der Waals surface area contributed by atoms with Crippen LogP contribution in [0.15, 0.2) is 12.4 Å². The molecule has 16 heavy (non-hydrogen) atoms. The number of hydrogen-bond donors (Lipinski definition) is 2. The van der Waals surface area contributed by atoms with E-state index in [-0.39, 0.29) is 12.0 Å². The van der Waals surface area contributed by atoms with E-state index in [1.165, 1.54) is 0 Å². The van der Waals surface area contributed by atoms with Gasteiger partial charge >= 0.3 is 5.97 Å². The lowest BCUT2D eigenvalue weighted by Gasteiger charge is -2.17. The smallest absolute Gasteiger partial charge is 0.308 e. The Kier molecular flexibility index (Phi) is 3.03. The van der Waals surface area contributed by atoms with Crippen LogP contribution in [0.1, 0.15) is 24.8 Å². The fraction of sp³-hybridized carbons (Fsp3) is 0.545. The summed E-state index contributed by atoms with van der Waals surface area (Å²) in [4.78, 5) is 19.2. The minimum atomic E-state index is -0.734. The highest BCUT2D eigenvalue weighted by Gasteiger charge is 2.33. The number of aromatic nitrogens is 2. The Labute approximate surface area is 93.9 Å². The molecule has 2 atom stereocenters. The number of carboxylic acid groups (broad SMARTS) is 1. The van der Waals surface area contributed by atoms with E-state index >= 15 is 0 Å². The molecule has 1 aromatic heterocycles. The van der Waals surface area contributed by atoms with Crippen LogP contribution in [0.5, 0.6) is 0 Å². The second-order valence-corrected chi connectivity index (χ2v) is 4.21. The van der Waals surface area contributed by atoms with Crippen LogP contribution in [0.25, 0.3) is 0 Å². The monoisotopic (exact) mass is 221 g/mol. The first-order valence-corrected chi connectivity index (χ1v) is 5.45. The molecule has 0 amide bonds. The van der Waals surface area contributed by atoms with Gasteiger partial charge in [-0.2, -0.15) is 0 Å². The van der Waals surface area contributed by atoms with E-state index in [9.17, 15) is 4.79 Å². The topological polar surface area (TPSA) is 75.1 Å². The zero-order valence-corrected chi connectivity index (χ0v) is 9.18. The lowest BCUT2D eigenvalue weighted by atomic mass is 10.0. The summed E-state index contributed by atoms with van der Waals surface area (Å²) in [6, 6.07) is -0.0415. The molecule has 0 saturated heterocycles. The summed E-state index contributed by atoms with van der Waals surface area (Å²) in [5.74, 6) is -0.532. The molecule has 1 heterocycles. The number of aliphatic carboxylic acids is 1. The summed E-state index contributed by atoms with van der Waals surface area (Å²) in [5, 5.41) is 12.1. The van der Waals surface area contributed by atoms with Crippen molar-refractivity contribution in [2.45, 2.75) is 32.2 Å². The molecular weight excluding hydrogens is 206 g/mol. The quantitative estimate of drug-likeness (QED) is 0.808. The molecule has 0 aliphatic heterocycles. The van der Waals surface area contributed by atoms with Gasteiger partial charge in [0.1, 0.15) is 0 Å². The van der Waals surface area contributed by atoms with Gasteiger partial charge in [-0.05, 0) is 25.3 Å². The molecule has 1 saturated carbocycles. The van der Waals surface area contributed by atoms with Crippen LogP contribution in [-0.2, 0) is 4.79 Å². The molecule has 1 fully saturated rings. The van der Waals surface area contributed by atoms with Crippen LogP contribution in [0.3, 0.4) is 0 Å². The van der Waals surface area contributed by atoms with Gasteiger partial charge < -0.3 is 10.4 Å². The summed E-state index contributed by atoms with van der Waals surface area (Å²) >= 11 is 0. The van der Waals surface area contributed by atoms with Gasteiger partial charge in [0.05, 0.1) is 5.92 Å². The number of hydrogen-bond acceptors (Lipinski definition) is 4. The SMILES string of the molecule is Cc1cnc(NC2CCCC2C(=O)O)nc1. The number of rotatable bonds is 3. The zero-order valence-electron chi connectivity index (χ0n) is 9.18. The normalized spacial score (nSPS) is 24.3. The summed E-state index contributed by atoms with van der Waals surface area (Å²) in [6.45, 7) is 1.92. The number of anilines is 1. The van der Waals surface area contributed by atoms with E-state index in [2.05, 4.69) is 15.3 Å². The number of nitrogens with one attached hydrogen (secondary N) is 1. The number of aryl methyl sites for hydroxylation is 1. The maximum atomic E-state index is 11.0. The van der Waals surface area contributed by atoms with E-state index in [1.807, 2.05) is 6.92 Å². The van der Waals surface area contributed by atoms with Gasteiger partial charge in [0.25, 0.3) is 0 Å². The van der Waals surface area contributed by atoms with Crippen molar-refractivity contribution in [3.05, 3.63) is 18.0 Å². The van der Waals surface area contributed by atoms with Gasteiger partial charge in [0.15, 0.2) is 0 Å². The molecule has 2 N–H and O–H groups in total. The van der Waals surface area contributed by atoms with Gasteiger partial charge in [0.2, 0.25) is 5.95 Å². The predicted molar refractivity (Wildman–Crippen MR) is 59.2 cm³/mol. The summed E-state index contributed by atoms with van der Waals surface area (Å²) in [5.41, 5.74) is 0.992. The van der Waals surface area contributed by atoms with E-state index < -0.39 is 5.97 Å². The van der Waals surface area contributed by atoms with Gasteiger partial charge in [-0.15, -0.1) is 0 Å². The summed E-state index contributed by atoms with van der Waals surface area (Å²) in [7, 11) is 0. The molecule has 2 unspecified atom stereocenters. The number of carboxylic acids is 1. The third-order valence-electron chi connectivity index (χ3n) is 2.93. The first-order chi connectivity index (χ1) is 7.66. The molecule has 0 spiro atoms. The Morgan fingerprint density at radius 3 is 2.75 bits per heavy atom. The Hall–Kier alpha value is -1.65. The van der Waals surface area contributed by atoms with Crippen molar-refractivity contribution in [3.8, 4) is 0 Å². The van der Waals surface area contributed by atoms with E-state index in [4.69, 9.17) is 5.11 Å². The van der Waals surface area contributed by atoms with E-state index in [1.54, 1.807) is 12.4 Å². The molecule has 1 aromatic rings. The van der Waals surface area contributed by atoms with Gasteiger partial charge in [0, 0.05) is 18.4 Å². The number of nitrogens with zero attached hydrogens (tertiary/aromatic N) is 2. The van der Waals surface area contributed by atoms with Crippen LogP contribution < -0.4 is 5.32 Å². The molecule has 1 aliphatic rings. The molecule has 86 valence electrons. The van der Waals surface area contributed by atoms with Crippen molar-refractivity contribution in [3.63, 3.8) is 0 Å². The van der Waals surface area contributed by atoms with Gasteiger partial charge in [-0.25, -0.2) is 9.97 Å². The van der Waals surface area contributed by atoms with Crippen LogP contribution in [-0.4, -0.2) is 27.1 Å². The molecule has 2 rings (SSSR count). The highest BCUT2D eigenvalue weighted by atomic mass is 16.4. The first kappa shape index (κ1) is 10.9. The molecule has 5 heteroatoms. The van der Waals surface area contributed by atoms with Crippen LogP contribution in [0.4, 0.5) is 5.95 Å². The standard InChI is InChI=1S/C11H15N3O2/c1-7-5-12-11(13-6-7)14-9-4-2-3-8(9)10(15)16/h5-6,8-9H,2-4H2,1H3,(H,15,16)(H,12,13,14). The number of carbonyl (C=O) groups is 1. The highest BCUT2D eigenvalue weighted by Crippen LogP contribution is 2.27. The Morgan fingerprint density at radius 1 is 1.44 bits per heavy atom. The third-order valence-corrected chi connectivity index (χ3v) is 2.93. The maximum Gasteiger partial charge on any atom is 0.308 e. The predicted octanol–water partition coefficient (Wildman–Crippen LogP) is 1.45. The fourth-order valence-corrected chi connectivity index (χ4v) is 2.06. The highest BCUT2D eigenvalue weighted by molar-refractivity contribution is 5.72. The Balaban J connectivity index is 2.03. The average Bonchev–Trinajstić information content (AvgIpc) is 2.69. The van der Waals surface area contributed by atoms with Gasteiger partial charge in [-0.3, -0.25) is 4.79 Å². The second-order valence-electron chi connectivity index (χ2n) is 4.21. The van der Waals surface area contributed by atoms with Crippen molar-refractivity contribution in [2.75, 3.05) is 5.32 Å². The summed E-state index contributed by atoms with van der Waals surface area (Å²) < 4.78 is 0. The second kappa shape index (κ2) is 4.47. The zero-order chi connectivity index (χ0) is 11.5. The molecule has 0 bridgehead atoms. The van der Waals surface area contributed by atoms with E-state index in [0.717, 1.165) is 24.8 Å². The van der Waals surface area contributed by atoms with Crippen LogP contribution in [0.2, 0.25) is 0 Å². The largest absolute Gasteiger partial charge is 0.481 e. The van der Waals surface area contributed by atoms with Crippen molar-refractivity contribution >= 4 is 11.9 Å². The van der Waals surface area contributed by atoms with Crippen molar-refractivity contribution in [2.24, 2.45) is 5.92 Å².